The van der Waals surface area contributed by atoms with E-state index in [9.17, 15) is 22.4 Å². The van der Waals surface area contributed by atoms with Gasteiger partial charge in [0.05, 0.1) is 24.8 Å². The maximum Gasteiger partial charge on any atom is 0.264 e. The Kier molecular flexibility index (Phi) is 11.5. The van der Waals surface area contributed by atoms with Crippen molar-refractivity contribution in [2.45, 2.75) is 57.1 Å². The van der Waals surface area contributed by atoms with Crippen molar-refractivity contribution in [3.63, 3.8) is 0 Å². The number of carbonyl (C=O) groups is 2. The number of sulfonamides is 1. The number of hydrogen-bond acceptors (Lipinski definition) is 6. The lowest BCUT2D eigenvalue weighted by atomic mass is 10.0. The first kappa shape index (κ1) is 35.9. The molecule has 0 heterocycles. The minimum Gasteiger partial charge on any atom is -0.497 e. The second kappa shape index (κ2) is 15.3. The van der Waals surface area contributed by atoms with Crippen LogP contribution in [0.15, 0.2) is 102 Å². The minimum absolute atomic E-state index is 0.0397. The topological polar surface area (TPSA) is 105 Å². The van der Waals surface area contributed by atoms with Crippen LogP contribution in [-0.2, 0) is 32.6 Å². The lowest BCUT2D eigenvalue weighted by Crippen LogP contribution is -2.56. The molecule has 1 atom stereocenters. The fourth-order valence-corrected chi connectivity index (χ4v) is 6.55. The van der Waals surface area contributed by atoms with Gasteiger partial charge in [0.2, 0.25) is 11.8 Å². The predicted octanol–water partition coefficient (Wildman–Crippen LogP) is 5.90. The molecule has 9 nitrogen and oxygen atoms in total. The molecule has 48 heavy (non-hydrogen) atoms. The highest BCUT2D eigenvalue weighted by Crippen LogP contribution is 2.36. The smallest absolute Gasteiger partial charge is 0.264 e. The van der Waals surface area contributed by atoms with Gasteiger partial charge >= 0.3 is 0 Å². The molecule has 0 bridgehead atoms. The number of aryl methyl sites for hydroxylation is 1. The van der Waals surface area contributed by atoms with E-state index in [1.54, 1.807) is 24.3 Å². The number of benzene rings is 4. The number of nitrogens with zero attached hydrogens (tertiary/aromatic N) is 2. The highest BCUT2D eigenvalue weighted by Gasteiger charge is 2.36. The molecule has 0 aliphatic carbocycles. The molecular weight excluding hydrogens is 633 g/mol. The number of amides is 2. The number of halogens is 1. The van der Waals surface area contributed by atoms with Gasteiger partial charge in [-0.25, -0.2) is 12.8 Å². The molecule has 4 aromatic rings. The molecule has 254 valence electrons. The van der Waals surface area contributed by atoms with Crippen molar-refractivity contribution in [3.05, 3.63) is 120 Å². The first-order valence-corrected chi connectivity index (χ1v) is 16.9. The molecule has 0 saturated carbocycles. The quantitative estimate of drug-likeness (QED) is 0.189. The third-order valence-electron chi connectivity index (χ3n) is 7.58. The Balaban J connectivity index is 1.88. The van der Waals surface area contributed by atoms with Crippen molar-refractivity contribution < 1.29 is 31.9 Å². The Morgan fingerprint density at radius 1 is 0.854 bits per heavy atom. The Morgan fingerprint density at radius 2 is 1.50 bits per heavy atom. The molecule has 0 fully saturated rings. The highest BCUT2D eigenvalue weighted by atomic mass is 32.2. The standard InChI is InChI=1S/C37H42FN3O6S/c1-26-12-19-31(20-13-26)48(44,45)41(32-23-30(46-5)18-21-34(32)47-6)25-35(42)40(24-28-14-16-29(38)17-15-28)33(36(43)39-37(2,3)4)22-27-10-8-7-9-11-27/h7-21,23,33H,22,24-25H2,1-6H3,(H,39,43)/t33-/m1/s1. The van der Waals surface area contributed by atoms with E-state index < -0.39 is 45.8 Å². The molecule has 0 saturated heterocycles. The van der Waals surface area contributed by atoms with E-state index in [-0.39, 0.29) is 29.3 Å². The van der Waals surface area contributed by atoms with Crippen molar-refractivity contribution in [2.75, 3.05) is 25.1 Å². The second-order valence-electron chi connectivity index (χ2n) is 12.5. The molecule has 0 spiro atoms. The van der Waals surface area contributed by atoms with E-state index in [1.807, 2.05) is 58.0 Å². The van der Waals surface area contributed by atoms with Gasteiger partial charge in [-0.05, 0) is 75.2 Å². The van der Waals surface area contributed by atoms with Crippen LogP contribution in [-0.4, -0.2) is 57.5 Å². The van der Waals surface area contributed by atoms with E-state index in [0.29, 0.717) is 11.3 Å². The van der Waals surface area contributed by atoms with Crippen molar-refractivity contribution >= 4 is 27.5 Å². The molecule has 1 N–H and O–H groups in total. The minimum atomic E-state index is -4.37. The fraction of sp³-hybridized carbons (Fsp3) is 0.297. The molecule has 11 heteroatoms. The summed E-state index contributed by atoms with van der Waals surface area (Å²) in [6.45, 7) is 6.56. The molecule has 0 aliphatic rings. The van der Waals surface area contributed by atoms with Crippen LogP contribution in [0.25, 0.3) is 0 Å². The molecule has 0 aliphatic heterocycles. The normalized spacial score (nSPS) is 12.1. The van der Waals surface area contributed by atoms with Gasteiger partial charge in [-0.3, -0.25) is 13.9 Å². The van der Waals surface area contributed by atoms with Crippen molar-refractivity contribution in [2.24, 2.45) is 0 Å². The number of carbonyl (C=O) groups excluding carboxylic acids is 2. The molecule has 0 radical (unpaired) electrons. The van der Waals surface area contributed by atoms with E-state index >= 15 is 0 Å². The number of nitrogens with one attached hydrogen (secondary N) is 1. The summed E-state index contributed by atoms with van der Waals surface area (Å²) >= 11 is 0. The van der Waals surface area contributed by atoms with Gasteiger partial charge in [0.15, 0.2) is 0 Å². The van der Waals surface area contributed by atoms with Crippen LogP contribution in [0.3, 0.4) is 0 Å². The Hall–Kier alpha value is -4.90. The number of hydrogen-bond donors (Lipinski definition) is 1. The van der Waals surface area contributed by atoms with Crippen LogP contribution in [0.5, 0.6) is 11.5 Å². The van der Waals surface area contributed by atoms with E-state index in [4.69, 9.17) is 9.47 Å². The number of ether oxygens (including phenoxy) is 2. The van der Waals surface area contributed by atoms with E-state index in [2.05, 4.69) is 5.32 Å². The maximum atomic E-state index is 14.7. The van der Waals surface area contributed by atoms with Crippen LogP contribution < -0.4 is 19.1 Å². The van der Waals surface area contributed by atoms with Crippen LogP contribution >= 0.6 is 0 Å². The Labute approximate surface area is 282 Å². The van der Waals surface area contributed by atoms with Gasteiger partial charge in [-0.15, -0.1) is 0 Å². The average Bonchev–Trinajstić information content (AvgIpc) is 3.05. The van der Waals surface area contributed by atoms with Gasteiger partial charge in [0, 0.05) is 24.6 Å². The molecule has 2 amide bonds. The van der Waals surface area contributed by atoms with Crippen LogP contribution in [0.4, 0.5) is 10.1 Å². The van der Waals surface area contributed by atoms with Crippen LogP contribution in [0.1, 0.15) is 37.5 Å². The first-order valence-electron chi connectivity index (χ1n) is 15.4. The van der Waals surface area contributed by atoms with E-state index in [1.165, 1.54) is 61.6 Å². The maximum absolute atomic E-state index is 14.7. The summed E-state index contributed by atoms with van der Waals surface area (Å²) in [5.41, 5.74) is 1.65. The summed E-state index contributed by atoms with van der Waals surface area (Å²) in [4.78, 5) is 30.0. The molecule has 0 aromatic heterocycles. The number of rotatable bonds is 13. The largest absolute Gasteiger partial charge is 0.497 e. The van der Waals surface area contributed by atoms with Gasteiger partial charge in [0.1, 0.15) is 29.9 Å². The summed E-state index contributed by atoms with van der Waals surface area (Å²) in [5.74, 6) is -1.00. The summed E-state index contributed by atoms with van der Waals surface area (Å²) in [7, 11) is -1.52. The SMILES string of the molecule is COc1ccc(OC)c(N(CC(=O)N(Cc2ccc(F)cc2)[C@H](Cc2ccccc2)C(=O)NC(C)(C)C)S(=O)(=O)c2ccc(C)cc2)c1. The van der Waals surface area contributed by atoms with Crippen molar-refractivity contribution in [1.29, 1.82) is 0 Å². The molecular formula is C37H42FN3O6S. The third-order valence-corrected chi connectivity index (χ3v) is 9.35. The lowest BCUT2D eigenvalue weighted by molar-refractivity contribution is -0.140. The van der Waals surface area contributed by atoms with Crippen molar-refractivity contribution in [3.8, 4) is 11.5 Å². The third kappa shape index (κ3) is 9.13. The average molecular weight is 676 g/mol. The summed E-state index contributed by atoms with van der Waals surface area (Å²) in [5, 5.41) is 2.99. The summed E-state index contributed by atoms with van der Waals surface area (Å²) in [6, 6.07) is 24.7. The highest BCUT2D eigenvalue weighted by molar-refractivity contribution is 7.92. The summed E-state index contributed by atoms with van der Waals surface area (Å²) < 4.78 is 54.6. The Bertz CT molecular complexity index is 1810. The monoisotopic (exact) mass is 675 g/mol. The van der Waals surface area contributed by atoms with Crippen LogP contribution in [0, 0.1) is 12.7 Å². The number of anilines is 1. The summed E-state index contributed by atoms with van der Waals surface area (Å²) in [6.07, 6.45) is 0.142. The second-order valence-corrected chi connectivity index (χ2v) is 14.3. The first-order chi connectivity index (χ1) is 22.7. The van der Waals surface area contributed by atoms with Gasteiger partial charge in [-0.2, -0.15) is 0 Å². The van der Waals surface area contributed by atoms with Gasteiger partial charge < -0.3 is 19.7 Å². The Morgan fingerprint density at radius 3 is 2.08 bits per heavy atom. The zero-order valence-electron chi connectivity index (χ0n) is 28.1. The van der Waals surface area contributed by atoms with Crippen molar-refractivity contribution in [1.82, 2.24) is 10.2 Å². The lowest BCUT2D eigenvalue weighted by Gasteiger charge is -2.35. The fourth-order valence-electron chi connectivity index (χ4n) is 5.14. The number of methoxy groups -OCH3 is 2. The zero-order valence-corrected chi connectivity index (χ0v) is 28.9. The molecule has 0 unspecified atom stereocenters. The molecule has 4 rings (SSSR count). The van der Waals surface area contributed by atoms with E-state index in [0.717, 1.165) is 15.4 Å². The molecule has 4 aromatic carbocycles. The van der Waals surface area contributed by atoms with Gasteiger partial charge in [0.25, 0.3) is 10.0 Å². The van der Waals surface area contributed by atoms with Crippen LogP contribution in [0.2, 0.25) is 0 Å². The predicted molar refractivity (Wildman–Crippen MR) is 184 cm³/mol. The van der Waals surface area contributed by atoms with Gasteiger partial charge in [-0.1, -0.05) is 60.2 Å². The zero-order chi connectivity index (χ0) is 35.1.